The van der Waals surface area contributed by atoms with E-state index in [2.05, 4.69) is 5.10 Å². The van der Waals surface area contributed by atoms with Gasteiger partial charge >= 0.3 is 5.97 Å². The Balaban J connectivity index is 2.65. The molecular formula is C11H11ClN2O2. The highest BCUT2D eigenvalue weighted by Crippen LogP contribution is 2.20. The largest absolute Gasteiger partial charge is 0.462 e. The van der Waals surface area contributed by atoms with Crippen molar-refractivity contribution in [2.24, 2.45) is 0 Å². The molecule has 0 radical (unpaired) electrons. The van der Waals surface area contributed by atoms with Crippen LogP contribution < -0.4 is 0 Å². The number of carbonyl (C=O) groups is 1. The number of ether oxygens (including phenoxy) is 1. The van der Waals surface area contributed by atoms with Gasteiger partial charge in [0.25, 0.3) is 0 Å². The van der Waals surface area contributed by atoms with Gasteiger partial charge in [-0.25, -0.2) is 9.31 Å². The molecule has 0 aliphatic carbocycles. The summed E-state index contributed by atoms with van der Waals surface area (Å²) in [5.41, 5.74) is 1.76. The number of halogens is 1. The number of carbonyl (C=O) groups excluding carboxylic acids is 1. The van der Waals surface area contributed by atoms with Crippen molar-refractivity contribution in [3.05, 3.63) is 34.6 Å². The maximum absolute atomic E-state index is 11.7. The van der Waals surface area contributed by atoms with E-state index in [9.17, 15) is 4.79 Å². The third-order valence-electron chi connectivity index (χ3n) is 2.27. The Labute approximate surface area is 97.8 Å². The van der Waals surface area contributed by atoms with Crippen LogP contribution in [0.1, 0.15) is 23.0 Å². The molecule has 0 fully saturated rings. The molecule has 0 saturated heterocycles. The predicted octanol–water partition coefficient (Wildman–Crippen LogP) is 2.47. The van der Waals surface area contributed by atoms with E-state index in [1.165, 1.54) is 4.52 Å². The van der Waals surface area contributed by atoms with Gasteiger partial charge in [-0.1, -0.05) is 17.7 Å². The number of esters is 1. The summed E-state index contributed by atoms with van der Waals surface area (Å²) in [5, 5.41) is 4.67. The van der Waals surface area contributed by atoms with Crippen LogP contribution in [0.25, 0.3) is 5.52 Å². The predicted molar refractivity (Wildman–Crippen MR) is 60.9 cm³/mol. The molecule has 84 valence electrons. The molecular weight excluding hydrogens is 228 g/mol. The summed E-state index contributed by atoms with van der Waals surface area (Å²) in [5.74, 6) is -0.364. The fraction of sp³-hybridized carbons (Fsp3) is 0.273. The SMILES string of the molecule is CCOC(=O)c1c(C)nn2c(Cl)cccc12. The lowest BCUT2D eigenvalue weighted by atomic mass is 10.2. The quantitative estimate of drug-likeness (QED) is 0.596. The lowest BCUT2D eigenvalue weighted by Crippen LogP contribution is -2.05. The van der Waals surface area contributed by atoms with Crippen LogP contribution in [0.5, 0.6) is 0 Å². The molecule has 0 aliphatic heterocycles. The van der Waals surface area contributed by atoms with Gasteiger partial charge < -0.3 is 4.74 Å². The minimum absolute atomic E-state index is 0.343. The fourth-order valence-corrected chi connectivity index (χ4v) is 1.81. The van der Waals surface area contributed by atoms with Gasteiger partial charge in [-0.3, -0.25) is 0 Å². The van der Waals surface area contributed by atoms with Crippen LogP contribution in [-0.4, -0.2) is 22.2 Å². The van der Waals surface area contributed by atoms with Gasteiger partial charge in [0.1, 0.15) is 10.7 Å². The van der Waals surface area contributed by atoms with Gasteiger partial charge in [-0.05, 0) is 26.0 Å². The molecule has 0 N–H and O–H groups in total. The monoisotopic (exact) mass is 238 g/mol. The molecule has 16 heavy (non-hydrogen) atoms. The molecule has 0 saturated carbocycles. The third-order valence-corrected chi connectivity index (χ3v) is 2.55. The first-order valence-corrected chi connectivity index (χ1v) is 5.34. The number of fused-ring (bicyclic) bond motifs is 1. The van der Waals surface area contributed by atoms with Crippen LogP contribution in [-0.2, 0) is 4.74 Å². The smallest absolute Gasteiger partial charge is 0.342 e. The number of pyridine rings is 1. The summed E-state index contributed by atoms with van der Waals surface area (Å²) in [6.07, 6.45) is 0. The van der Waals surface area contributed by atoms with Crippen LogP contribution in [0.3, 0.4) is 0 Å². The summed E-state index contributed by atoms with van der Waals surface area (Å²) in [7, 11) is 0. The molecule has 2 rings (SSSR count). The standard InChI is InChI=1S/C11H11ClN2O2/c1-3-16-11(15)10-7(2)13-14-8(10)5-4-6-9(14)12/h4-6H,3H2,1-2H3. The van der Waals surface area contributed by atoms with E-state index < -0.39 is 0 Å². The normalized spacial score (nSPS) is 10.7. The molecule has 0 atom stereocenters. The second kappa shape index (κ2) is 4.14. The van der Waals surface area contributed by atoms with E-state index in [1.807, 2.05) is 0 Å². The first-order valence-electron chi connectivity index (χ1n) is 4.96. The van der Waals surface area contributed by atoms with Crippen molar-refractivity contribution in [3.63, 3.8) is 0 Å². The summed E-state index contributed by atoms with van der Waals surface area (Å²) < 4.78 is 6.51. The highest BCUT2D eigenvalue weighted by atomic mass is 35.5. The number of rotatable bonds is 2. The Hall–Kier alpha value is -1.55. The molecule has 0 bridgehead atoms. The second-order valence-corrected chi connectivity index (χ2v) is 3.71. The minimum atomic E-state index is -0.364. The topological polar surface area (TPSA) is 43.6 Å². The molecule has 2 heterocycles. The van der Waals surface area contributed by atoms with Crippen molar-refractivity contribution < 1.29 is 9.53 Å². The van der Waals surface area contributed by atoms with E-state index in [0.29, 0.717) is 28.5 Å². The zero-order valence-electron chi connectivity index (χ0n) is 9.03. The lowest BCUT2D eigenvalue weighted by molar-refractivity contribution is 0.0528. The Morgan fingerprint density at radius 3 is 3.00 bits per heavy atom. The van der Waals surface area contributed by atoms with Crippen molar-refractivity contribution in [1.29, 1.82) is 0 Å². The lowest BCUT2D eigenvalue weighted by Gasteiger charge is -2.00. The highest BCUT2D eigenvalue weighted by molar-refractivity contribution is 6.29. The van der Waals surface area contributed by atoms with Crippen LogP contribution in [0, 0.1) is 6.92 Å². The molecule has 2 aromatic heterocycles. The number of hydrogen-bond donors (Lipinski definition) is 0. The summed E-state index contributed by atoms with van der Waals surface area (Å²) >= 11 is 5.97. The van der Waals surface area contributed by atoms with Crippen molar-refractivity contribution in [2.75, 3.05) is 6.61 Å². The average Bonchev–Trinajstić information content (AvgIpc) is 2.56. The first kappa shape index (κ1) is 11.0. The van der Waals surface area contributed by atoms with E-state index >= 15 is 0 Å². The van der Waals surface area contributed by atoms with E-state index in [-0.39, 0.29) is 5.97 Å². The summed E-state index contributed by atoms with van der Waals surface area (Å²) in [6, 6.07) is 5.29. The Bertz CT molecular complexity index is 548. The van der Waals surface area contributed by atoms with Crippen molar-refractivity contribution in [1.82, 2.24) is 9.61 Å². The average molecular weight is 239 g/mol. The fourth-order valence-electron chi connectivity index (χ4n) is 1.61. The number of aromatic nitrogens is 2. The maximum Gasteiger partial charge on any atom is 0.342 e. The van der Waals surface area contributed by atoms with E-state index in [4.69, 9.17) is 16.3 Å². The third kappa shape index (κ3) is 1.65. The minimum Gasteiger partial charge on any atom is -0.462 e. The zero-order chi connectivity index (χ0) is 11.7. The van der Waals surface area contributed by atoms with Crippen molar-refractivity contribution in [2.45, 2.75) is 13.8 Å². The Morgan fingerprint density at radius 1 is 1.56 bits per heavy atom. The molecule has 4 nitrogen and oxygen atoms in total. The zero-order valence-corrected chi connectivity index (χ0v) is 9.78. The number of aryl methyl sites for hydroxylation is 1. The van der Waals surface area contributed by atoms with Gasteiger partial charge in [0.2, 0.25) is 0 Å². The summed E-state index contributed by atoms with van der Waals surface area (Å²) in [4.78, 5) is 11.7. The molecule has 0 unspecified atom stereocenters. The van der Waals surface area contributed by atoms with Gasteiger partial charge in [0.05, 0.1) is 17.8 Å². The van der Waals surface area contributed by atoms with Crippen molar-refractivity contribution >= 4 is 23.1 Å². The van der Waals surface area contributed by atoms with Crippen LogP contribution in [0.4, 0.5) is 0 Å². The highest BCUT2D eigenvalue weighted by Gasteiger charge is 2.18. The van der Waals surface area contributed by atoms with Crippen LogP contribution in [0.2, 0.25) is 5.15 Å². The maximum atomic E-state index is 11.7. The van der Waals surface area contributed by atoms with Crippen LogP contribution >= 0.6 is 11.6 Å². The molecule has 0 aromatic carbocycles. The molecule has 0 aliphatic rings. The Morgan fingerprint density at radius 2 is 2.31 bits per heavy atom. The van der Waals surface area contributed by atoms with E-state index in [0.717, 1.165) is 0 Å². The van der Waals surface area contributed by atoms with Gasteiger partial charge in [-0.15, -0.1) is 0 Å². The van der Waals surface area contributed by atoms with Gasteiger partial charge in [0.15, 0.2) is 0 Å². The molecule has 0 amide bonds. The van der Waals surface area contributed by atoms with Gasteiger partial charge in [-0.2, -0.15) is 5.10 Å². The van der Waals surface area contributed by atoms with E-state index in [1.54, 1.807) is 32.0 Å². The van der Waals surface area contributed by atoms with Gasteiger partial charge in [0, 0.05) is 0 Å². The number of nitrogens with zero attached hydrogens (tertiary/aromatic N) is 2. The molecule has 0 spiro atoms. The second-order valence-electron chi connectivity index (χ2n) is 3.33. The van der Waals surface area contributed by atoms with Crippen molar-refractivity contribution in [3.8, 4) is 0 Å². The molecule has 5 heteroatoms. The Kier molecular flexibility index (Phi) is 2.83. The molecule has 2 aromatic rings. The first-order chi connectivity index (χ1) is 7.65. The number of hydrogen-bond acceptors (Lipinski definition) is 3. The van der Waals surface area contributed by atoms with Crippen LogP contribution in [0.15, 0.2) is 18.2 Å². The summed E-state index contributed by atoms with van der Waals surface area (Å²) in [6.45, 7) is 3.87.